The first kappa shape index (κ1) is 12.0. The molecule has 0 N–H and O–H groups in total. The van der Waals surface area contributed by atoms with Crippen LogP contribution in [-0.4, -0.2) is 6.61 Å². The molecule has 1 aromatic rings. The molecule has 1 heterocycles. The lowest BCUT2D eigenvalue weighted by atomic mass is 10.00. The van der Waals surface area contributed by atoms with Crippen LogP contribution in [0.2, 0.25) is 0 Å². The topological polar surface area (TPSA) is 9.23 Å². The molecule has 0 saturated carbocycles. The second-order valence-electron chi connectivity index (χ2n) is 5.25. The van der Waals surface area contributed by atoms with Crippen LogP contribution in [0.5, 0.6) is 0 Å². The fourth-order valence-corrected chi connectivity index (χ4v) is 2.38. The van der Waals surface area contributed by atoms with Crippen LogP contribution in [-0.2, 0) is 4.74 Å². The average molecular weight is 250 g/mol. The van der Waals surface area contributed by atoms with Gasteiger partial charge in [-0.15, -0.1) is 0 Å². The highest BCUT2D eigenvalue weighted by atomic mass is 16.5. The predicted octanol–water partition coefficient (Wildman–Crippen LogP) is 4.60. The Morgan fingerprint density at radius 1 is 1.05 bits per heavy atom. The monoisotopic (exact) mass is 250 g/mol. The molecule has 19 heavy (non-hydrogen) atoms. The Bertz CT molecular complexity index is 595. The Balaban J connectivity index is 1.88. The van der Waals surface area contributed by atoms with Crippen LogP contribution in [0.4, 0.5) is 0 Å². The standard InChI is InChI=1S/C18H18O/c1-13(2)15-7-5-14(6-8-15)12-16-9-10-18-17(16)4-3-11-19-18/h3-10,12-13H,11H2,1-2H3. The molecule has 0 spiro atoms. The van der Waals surface area contributed by atoms with Gasteiger partial charge in [-0.3, -0.25) is 0 Å². The van der Waals surface area contributed by atoms with Crippen molar-refractivity contribution in [2.45, 2.75) is 19.8 Å². The lowest BCUT2D eigenvalue weighted by molar-refractivity contribution is 0.256. The molecule has 1 nitrogen and oxygen atoms in total. The molecule has 0 amide bonds. The van der Waals surface area contributed by atoms with E-state index in [1.54, 1.807) is 0 Å². The van der Waals surface area contributed by atoms with Gasteiger partial charge >= 0.3 is 0 Å². The fourth-order valence-electron chi connectivity index (χ4n) is 2.38. The van der Waals surface area contributed by atoms with Crippen LogP contribution in [0, 0.1) is 0 Å². The van der Waals surface area contributed by atoms with Gasteiger partial charge in [0.15, 0.2) is 0 Å². The van der Waals surface area contributed by atoms with Crippen molar-refractivity contribution in [1.82, 2.24) is 0 Å². The highest BCUT2D eigenvalue weighted by molar-refractivity contribution is 5.69. The van der Waals surface area contributed by atoms with E-state index in [-0.39, 0.29) is 0 Å². The van der Waals surface area contributed by atoms with Crippen molar-refractivity contribution in [2.24, 2.45) is 0 Å². The second-order valence-corrected chi connectivity index (χ2v) is 5.25. The van der Waals surface area contributed by atoms with Gasteiger partial charge in [0.1, 0.15) is 12.4 Å². The Kier molecular flexibility index (Phi) is 3.12. The minimum Gasteiger partial charge on any atom is -0.489 e. The summed E-state index contributed by atoms with van der Waals surface area (Å²) in [5.41, 5.74) is 5.03. The minimum absolute atomic E-state index is 0.581. The summed E-state index contributed by atoms with van der Waals surface area (Å²) in [6.45, 7) is 5.11. The molecule has 1 heteroatoms. The van der Waals surface area contributed by atoms with E-state index in [2.05, 4.69) is 62.4 Å². The Morgan fingerprint density at radius 3 is 2.58 bits per heavy atom. The van der Waals surface area contributed by atoms with Crippen molar-refractivity contribution < 1.29 is 4.74 Å². The number of allylic oxidation sites excluding steroid dienone is 5. The molecule has 3 rings (SSSR count). The van der Waals surface area contributed by atoms with Gasteiger partial charge < -0.3 is 4.74 Å². The van der Waals surface area contributed by atoms with Crippen LogP contribution in [0.25, 0.3) is 6.08 Å². The minimum atomic E-state index is 0.581. The summed E-state index contributed by atoms with van der Waals surface area (Å²) < 4.78 is 5.59. The summed E-state index contributed by atoms with van der Waals surface area (Å²) >= 11 is 0. The van der Waals surface area contributed by atoms with Crippen molar-refractivity contribution in [3.05, 3.63) is 76.6 Å². The number of rotatable bonds is 2. The average Bonchev–Trinajstić information content (AvgIpc) is 2.83. The van der Waals surface area contributed by atoms with Crippen molar-refractivity contribution >= 4 is 6.08 Å². The molecule has 2 aliphatic rings. The SMILES string of the molecule is CC(C)c1ccc(C=C2C=CC3=C2C=CCO3)cc1. The molecule has 0 unspecified atom stereocenters. The van der Waals surface area contributed by atoms with Crippen molar-refractivity contribution in [3.63, 3.8) is 0 Å². The first-order valence-corrected chi connectivity index (χ1v) is 6.78. The van der Waals surface area contributed by atoms with E-state index in [9.17, 15) is 0 Å². The zero-order valence-electron chi connectivity index (χ0n) is 11.4. The normalized spacial score (nSPS) is 19.2. The Morgan fingerprint density at radius 2 is 1.84 bits per heavy atom. The fraction of sp³-hybridized carbons (Fsp3) is 0.222. The van der Waals surface area contributed by atoms with Crippen molar-refractivity contribution in [1.29, 1.82) is 0 Å². The predicted molar refractivity (Wildman–Crippen MR) is 79.8 cm³/mol. The molecule has 0 radical (unpaired) electrons. The Hall–Kier alpha value is -2.02. The van der Waals surface area contributed by atoms with Gasteiger partial charge in [-0.25, -0.2) is 0 Å². The van der Waals surface area contributed by atoms with Gasteiger partial charge in [0.2, 0.25) is 0 Å². The third kappa shape index (κ3) is 2.41. The molecule has 0 fully saturated rings. The lowest BCUT2D eigenvalue weighted by Gasteiger charge is -2.10. The summed E-state index contributed by atoms with van der Waals surface area (Å²) in [6.07, 6.45) is 10.6. The molecule has 0 aromatic heterocycles. The third-order valence-corrected chi connectivity index (χ3v) is 3.54. The first-order chi connectivity index (χ1) is 9.24. The number of benzene rings is 1. The van der Waals surface area contributed by atoms with Crippen LogP contribution in [0.1, 0.15) is 30.9 Å². The van der Waals surface area contributed by atoms with Crippen molar-refractivity contribution in [3.8, 4) is 0 Å². The van der Waals surface area contributed by atoms with Gasteiger partial charge in [0, 0.05) is 5.57 Å². The summed E-state index contributed by atoms with van der Waals surface area (Å²) in [7, 11) is 0. The lowest BCUT2D eigenvalue weighted by Crippen LogP contribution is -1.97. The van der Waals surface area contributed by atoms with Crippen LogP contribution in [0.15, 0.2) is 65.5 Å². The third-order valence-electron chi connectivity index (χ3n) is 3.54. The summed E-state index contributed by atoms with van der Waals surface area (Å²) in [4.78, 5) is 0. The zero-order valence-corrected chi connectivity index (χ0v) is 11.4. The van der Waals surface area contributed by atoms with E-state index in [0.717, 1.165) is 5.76 Å². The summed E-state index contributed by atoms with van der Waals surface area (Å²) in [6, 6.07) is 8.78. The van der Waals surface area contributed by atoms with Crippen LogP contribution < -0.4 is 0 Å². The second kappa shape index (κ2) is 4.93. The van der Waals surface area contributed by atoms with Gasteiger partial charge in [-0.2, -0.15) is 0 Å². The van der Waals surface area contributed by atoms with Gasteiger partial charge in [-0.1, -0.05) is 50.3 Å². The van der Waals surface area contributed by atoms with Gasteiger partial charge in [-0.05, 0) is 40.8 Å². The molecule has 1 aromatic carbocycles. The van der Waals surface area contributed by atoms with E-state index < -0.39 is 0 Å². The molecule has 0 saturated heterocycles. The summed E-state index contributed by atoms with van der Waals surface area (Å²) in [5.74, 6) is 1.57. The number of hydrogen-bond acceptors (Lipinski definition) is 1. The van der Waals surface area contributed by atoms with Gasteiger partial charge in [0.05, 0.1) is 0 Å². The molecule has 1 aliphatic heterocycles. The smallest absolute Gasteiger partial charge is 0.127 e. The van der Waals surface area contributed by atoms with E-state index in [4.69, 9.17) is 4.74 Å². The maximum Gasteiger partial charge on any atom is 0.127 e. The Labute approximate surface area is 114 Å². The molecular formula is C18H18O. The van der Waals surface area contributed by atoms with E-state index in [0.29, 0.717) is 12.5 Å². The maximum absolute atomic E-state index is 5.59. The van der Waals surface area contributed by atoms with E-state index in [1.807, 2.05) is 6.08 Å². The molecule has 0 atom stereocenters. The molecular weight excluding hydrogens is 232 g/mol. The van der Waals surface area contributed by atoms with E-state index >= 15 is 0 Å². The van der Waals surface area contributed by atoms with Crippen LogP contribution in [0.3, 0.4) is 0 Å². The molecule has 1 aliphatic carbocycles. The zero-order chi connectivity index (χ0) is 13.2. The highest BCUT2D eigenvalue weighted by Gasteiger charge is 2.15. The molecule has 0 bridgehead atoms. The highest BCUT2D eigenvalue weighted by Crippen LogP contribution is 2.30. The maximum atomic E-state index is 5.59. The summed E-state index contributed by atoms with van der Waals surface area (Å²) in [5, 5.41) is 0. The van der Waals surface area contributed by atoms with Crippen molar-refractivity contribution in [2.75, 3.05) is 6.61 Å². The largest absolute Gasteiger partial charge is 0.489 e. The first-order valence-electron chi connectivity index (χ1n) is 6.78. The van der Waals surface area contributed by atoms with Crippen LogP contribution >= 0.6 is 0 Å². The van der Waals surface area contributed by atoms with Gasteiger partial charge in [0.25, 0.3) is 0 Å². The molecule has 96 valence electrons. The quantitative estimate of drug-likeness (QED) is 0.745. The van der Waals surface area contributed by atoms with E-state index in [1.165, 1.54) is 22.3 Å². The number of hydrogen-bond donors (Lipinski definition) is 0. The number of ether oxygens (including phenoxy) is 1.